The number of alkyl halides is 3. The standard InChI is InChI=1S/C15H11BrF4O/c16-11-5-6-12(13(17)8-11)14(21)7-9-1-3-10(4-2-9)15(18,19)20/h1-6,8,14,21H,7H2. The zero-order chi connectivity index (χ0) is 15.6. The van der Waals surface area contributed by atoms with E-state index in [-0.39, 0.29) is 12.0 Å². The van der Waals surface area contributed by atoms with Crippen LogP contribution in [0.5, 0.6) is 0 Å². The largest absolute Gasteiger partial charge is 0.416 e. The molecule has 2 aromatic carbocycles. The van der Waals surface area contributed by atoms with Crippen molar-refractivity contribution in [1.82, 2.24) is 0 Å². The molecule has 0 spiro atoms. The molecule has 0 saturated heterocycles. The maximum atomic E-state index is 13.7. The Balaban J connectivity index is 2.14. The summed E-state index contributed by atoms with van der Waals surface area (Å²) in [5.41, 5.74) is -0.147. The van der Waals surface area contributed by atoms with Gasteiger partial charge in [0.15, 0.2) is 0 Å². The first-order valence-corrected chi connectivity index (χ1v) is 6.86. The molecule has 112 valence electrons. The van der Waals surface area contributed by atoms with Crippen LogP contribution in [0.3, 0.4) is 0 Å². The van der Waals surface area contributed by atoms with Gasteiger partial charge >= 0.3 is 6.18 Å². The third kappa shape index (κ3) is 4.04. The summed E-state index contributed by atoms with van der Waals surface area (Å²) < 4.78 is 51.5. The minimum Gasteiger partial charge on any atom is -0.388 e. The average Bonchev–Trinajstić information content (AvgIpc) is 2.38. The lowest BCUT2D eigenvalue weighted by molar-refractivity contribution is -0.137. The fraction of sp³-hybridized carbons (Fsp3) is 0.200. The van der Waals surface area contributed by atoms with E-state index in [1.54, 1.807) is 6.07 Å². The van der Waals surface area contributed by atoms with Crippen LogP contribution in [0.1, 0.15) is 22.8 Å². The number of halogens is 5. The van der Waals surface area contributed by atoms with Crippen molar-refractivity contribution >= 4 is 15.9 Å². The molecule has 21 heavy (non-hydrogen) atoms. The van der Waals surface area contributed by atoms with Gasteiger partial charge in [0.2, 0.25) is 0 Å². The molecule has 0 aromatic heterocycles. The topological polar surface area (TPSA) is 20.2 Å². The van der Waals surface area contributed by atoms with Crippen LogP contribution in [-0.4, -0.2) is 5.11 Å². The highest BCUT2D eigenvalue weighted by Crippen LogP contribution is 2.30. The third-order valence-electron chi connectivity index (χ3n) is 3.03. The molecule has 2 rings (SSSR count). The van der Waals surface area contributed by atoms with Crippen molar-refractivity contribution in [3.05, 3.63) is 69.4 Å². The Morgan fingerprint density at radius 2 is 1.67 bits per heavy atom. The van der Waals surface area contributed by atoms with Crippen molar-refractivity contribution in [3.63, 3.8) is 0 Å². The van der Waals surface area contributed by atoms with Crippen LogP contribution in [0.15, 0.2) is 46.9 Å². The van der Waals surface area contributed by atoms with Crippen LogP contribution in [0, 0.1) is 5.82 Å². The SMILES string of the molecule is OC(Cc1ccc(C(F)(F)F)cc1)c1ccc(Br)cc1F. The average molecular weight is 363 g/mol. The number of benzene rings is 2. The molecule has 0 bridgehead atoms. The summed E-state index contributed by atoms with van der Waals surface area (Å²) >= 11 is 3.11. The molecule has 0 radical (unpaired) electrons. The summed E-state index contributed by atoms with van der Waals surface area (Å²) in [4.78, 5) is 0. The quantitative estimate of drug-likeness (QED) is 0.771. The summed E-state index contributed by atoms with van der Waals surface area (Å²) in [6.45, 7) is 0. The molecule has 0 saturated carbocycles. The van der Waals surface area contributed by atoms with Crippen molar-refractivity contribution in [1.29, 1.82) is 0 Å². The van der Waals surface area contributed by atoms with Gasteiger partial charge in [0.1, 0.15) is 5.82 Å². The second-order valence-electron chi connectivity index (χ2n) is 4.58. The Bertz CT molecular complexity index is 623. The molecule has 1 atom stereocenters. The van der Waals surface area contributed by atoms with Crippen LogP contribution in [0.4, 0.5) is 17.6 Å². The van der Waals surface area contributed by atoms with E-state index >= 15 is 0 Å². The van der Waals surface area contributed by atoms with Gasteiger partial charge in [-0.3, -0.25) is 0 Å². The molecule has 0 amide bonds. The summed E-state index contributed by atoms with van der Waals surface area (Å²) in [6.07, 6.45) is -5.47. The summed E-state index contributed by atoms with van der Waals surface area (Å²) in [7, 11) is 0. The lowest BCUT2D eigenvalue weighted by Gasteiger charge is -2.13. The fourth-order valence-corrected chi connectivity index (χ4v) is 2.27. The normalized spacial score (nSPS) is 13.2. The molecule has 1 nitrogen and oxygen atoms in total. The third-order valence-corrected chi connectivity index (χ3v) is 3.53. The smallest absolute Gasteiger partial charge is 0.388 e. The first-order valence-electron chi connectivity index (χ1n) is 6.06. The van der Waals surface area contributed by atoms with Crippen LogP contribution in [0.2, 0.25) is 0 Å². The number of aliphatic hydroxyl groups excluding tert-OH is 1. The van der Waals surface area contributed by atoms with E-state index in [4.69, 9.17) is 0 Å². The van der Waals surface area contributed by atoms with Crippen molar-refractivity contribution in [2.24, 2.45) is 0 Å². The Morgan fingerprint density at radius 1 is 1.05 bits per heavy atom. The Labute approximate surface area is 127 Å². The van der Waals surface area contributed by atoms with E-state index < -0.39 is 23.7 Å². The van der Waals surface area contributed by atoms with E-state index in [2.05, 4.69) is 15.9 Å². The second-order valence-corrected chi connectivity index (χ2v) is 5.50. The molecule has 0 aliphatic carbocycles. The maximum absolute atomic E-state index is 13.7. The molecular formula is C15H11BrF4O. The molecule has 2 aromatic rings. The van der Waals surface area contributed by atoms with Gasteiger partial charge in [0, 0.05) is 16.5 Å². The van der Waals surface area contributed by atoms with Gasteiger partial charge in [-0.05, 0) is 29.8 Å². The van der Waals surface area contributed by atoms with E-state index in [0.29, 0.717) is 10.0 Å². The molecule has 1 unspecified atom stereocenters. The van der Waals surface area contributed by atoms with Crippen LogP contribution in [-0.2, 0) is 12.6 Å². The minimum atomic E-state index is -4.39. The maximum Gasteiger partial charge on any atom is 0.416 e. The number of hydrogen-bond acceptors (Lipinski definition) is 1. The van der Waals surface area contributed by atoms with Crippen LogP contribution >= 0.6 is 15.9 Å². The highest BCUT2D eigenvalue weighted by Gasteiger charge is 2.30. The van der Waals surface area contributed by atoms with Gasteiger partial charge < -0.3 is 5.11 Å². The second kappa shape index (κ2) is 6.15. The first-order chi connectivity index (χ1) is 9.77. The van der Waals surface area contributed by atoms with Gasteiger partial charge in [-0.15, -0.1) is 0 Å². The van der Waals surface area contributed by atoms with E-state index in [1.807, 2.05) is 0 Å². The monoisotopic (exact) mass is 362 g/mol. The summed E-state index contributed by atoms with van der Waals surface area (Å²) in [5.74, 6) is -0.566. The molecule has 6 heteroatoms. The fourth-order valence-electron chi connectivity index (χ4n) is 1.93. The zero-order valence-corrected chi connectivity index (χ0v) is 12.2. The summed E-state index contributed by atoms with van der Waals surface area (Å²) in [5, 5.41) is 10.00. The molecule has 0 heterocycles. The number of aliphatic hydroxyl groups is 1. The lowest BCUT2D eigenvalue weighted by atomic mass is 10.00. The van der Waals surface area contributed by atoms with Crippen molar-refractivity contribution in [2.45, 2.75) is 18.7 Å². The Hall–Kier alpha value is -1.40. The molecule has 0 fully saturated rings. The molecule has 0 aliphatic heterocycles. The van der Waals surface area contributed by atoms with Gasteiger partial charge in [-0.2, -0.15) is 13.2 Å². The van der Waals surface area contributed by atoms with Gasteiger partial charge in [0.25, 0.3) is 0 Å². The minimum absolute atomic E-state index is 0.0384. The number of hydrogen-bond donors (Lipinski definition) is 1. The van der Waals surface area contributed by atoms with E-state index in [1.165, 1.54) is 24.3 Å². The van der Waals surface area contributed by atoms with Crippen molar-refractivity contribution in [2.75, 3.05) is 0 Å². The Kier molecular flexibility index (Phi) is 4.68. The molecule has 0 aliphatic rings. The van der Waals surface area contributed by atoms with Crippen LogP contribution in [0.25, 0.3) is 0 Å². The number of rotatable bonds is 3. The van der Waals surface area contributed by atoms with Gasteiger partial charge in [-0.25, -0.2) is 4.39 Å². The molecular weight excluding hydrogens is 352 g/mol. The van der Waals surface area contributed by atoms with E-state index in [0.717, 1.165) is 12.1 Å². The Morgan fingerprint density at radius 3 is 2.19 bits per heavy atom. The van der Waals surface area contributed by atoms with Crippen LogP contribution < -0.4 is 0 Å². The van der Waals surface area contributed by atoms with Crippen molar-refractivity contribution < 1.29 is 22.7 Å². The van der Waals surface area contributed by atoms with Gasteiger partial charge in [-0.1, -0.05) is 34.1 Å². The van der Waals surface area contributed by atoms with Gasteiger partial charge in [0.05, 0.1) is 11.7 Å². The van der Waals surface area contributed by atoms with Crippen molar-refractivity contribution in [3.8, 4) is 0 Å². The predicted molar refractivity (Wildman–Crippen MR) is 74.2 cm³/mol. The van der Waals surface area contributed by atoms with E-state index in [9.17, 15) is 22.7 Å². The lowest BCUT2D eigenvalue weighted by Crippen LogP contribution is -2.07. The highest BCUT2D eigenvalue weighted by atomic mass is 79.9. The first kappa shape index (κ1) is 16.0. The summed E-state index contributed by atoms with van der Waals surface area (Å²) in [6, 6.07) is 8.71. The molecule has 1 N–H and O–H groups in total. The predicted octanol–water partition coefficient (Wildman–Crippen LogP) is 4.88. The zero-order valence-electron chi connectivity index (χ0n) is 10.7. The highest BCUT2D eigenvalue weighted by molar-refractivity contribution is 9.10.